The van der Waals surface area contributed by atoms with Crippen molar-refractivity contribution < 1.29 is 14.3 Å². The van der Waals surface area contributed by atoms with Gasteiger partial charge in [0, 0.05) is 11.3 Å². The van der Waals surface area contributed by atoms with Gasteiger partial charge in [0.1, 0.15) is 5.60 Å². The number of hydrogen-bond donors (Lipinski definition) is 1. The number of amides is 1. The van der Waals surface area contributed by atoms with Crippen molar-refractivity contribution in [3.8, 4) is 0 Å². The molecule has 2 aromatic rings. The fraction of sp³-hybridized carbons (Fsp3) is 0.222. The van der Waals surface area contributed by atoms with Crippen LogP contribution in [0.25, 0.3) is 10.8 Å². The van der Waals surface area contributed by atoms with Crippen molar-refractivity contribution in [1.29, 1.82) is 0 Å². The first-order valence-electron chi connectivity index (χ1n) is 7.00. The maximum atomic E-state index is 11.9. The second-order valence-electron chi connectivity index (χ2n) is 5.94. The molecule has 22 heavy (non-hydrogen) atoms. The first-order valence-corrected chi connectivity index (χ1v) is 7.00. The van der Waals surface area contributed by atoms with Crippen LogP contribution in [-0.2, 0) is 4.74 Å². The Balaban J connectivity index is 2.35. The number of nitrogens with one attached hydrogen (secondary N) is 1. The summed E-state index contributed by atoms with van der Waals surface area (Å²) in [6.45, 7) is 8.91. The van der Waals surface area contributed by atoms with Gasteiger partial charge in [0.2, 0.25) is 0 Å². The molecule has 0 fully saturated rings. The molecule has 0 bridgehead atoms. The molecule has 0 aliphatic heterocycles. The molecule has 4 heteroatoms. The van der Waals surface area contributed by atoms with E-state index in [-0.39, 0.29) is 5.78 Å². The van der Waals surface area contributed by atoms with Crippen LogP contribution >= 0.6 is 0 Å². The van der Waals surface area contributed by atoms with Crippen LogP contribution in [0.2, 0.25) is 0 Å². The molecule has 0 saturated heterocycles. The summed E-state index contributed by atoms with van der Waals surface area (Å²) in [7, 11) is 0. The number of allylic oxidation sites excluding steroid dienone is 1. The summed E-state index contributed by atoms with van der Waals surface area (Å²) in [4.78, 5) is 23.7. The van der Waals surface area contributed by atoms with Crippen molar-refractivity contribution in [3.63, 3.8) is 0 Å². The van der Waals surface area contributed by atoms with Gasteiger partial charge >= 0.3 is 6.09 Å². The van der Waals surface area contributed by atoms with Crippen LogP contribution in [0.1, 0.15) is 31.1 Å². The van der Waals surface area contributed by atoms with Crippen LogP contribution in [0, 0.1) is 0 Å². The molecule has 0 atom stereocenters. The van der Waals surface area contributed by atoms with Gasteiger partial charge in [-0.25, -0.2) is 4.79 Å². The molecular weight excluding hydrogens is 278 g/mol. The highest BCUT2D eigenvalue weighted by Gasteiger charge is 2.16. The zero-order valence-electron chi connectivity index (χ0n) is 13.0. The van der Waals surface area contributed by atoms with E-state index in [0.717, 1.165) is 10.8 Å². The highest BCUT2D eigenvalue weighted by atomic mass is 16.6. The van der Waals surface area contributed by atoms with Gasteiger partial charge < -0.3 is 4.74 Å². The van der Waals surface area contributed by atoms with Crippen LogP contribution in [0.3, 0.4) is 0 Å². The Morgan fingerprint density at radius 2 is 1.91 bits per heavy atom. The number of anilines is 1. The molecule has 4 nitrogen and oxygen atoms in total. The minimum Gasteiger partial charge on any atom is -0.444 e. The number of ether oxygens (including phenoxy) is 1. The smallest absolute Gasteiger partial charge is 0.412 e. The molecule has 0 aliphatic carbocycles. The van der Waals surface area contributed by atoms with Gasteiger partial charge in [-0.05, 0) is 49.8 Å². The van der Waals surface area contributed by atoms with E-state index in [9.17, 15) is 9.59 Å². The van der Waals surface area contributed by atoms with E-state index in [1.165, 1.54) is 6.08 Å². The summed E-state index contributed by atoms with van der Waals surface area (Å²) in [5, 5.41) is 4.36. The number of rotatable bonds is 3. The number of benzene rings is 2. The molecule has 1 amide bonds. The quantitative estimate of drug-likeness (QED) is 0.667. The van der Waals surface area contributed by atoms with Crippen LogP contribution in [0.5, 0.6) is 0 Å². The maximum Gasteiger partial charge on any atom is 0.412 e. The highest BCUT2D eigenvalue weighted by Crippen LogP contribution is 2.24. The summed E-state index contributed by atoms with van der Waals surface area (Å²) in [6, 6.07) is 10.8. The Morgan fingerprint density at radius 3 is 2.55 bits per heavy atom. The molecule has 114 valence electrons. The Bertz CT molecular complexity index is 742. The largest absolute Gasteiger partial charge is 0.444 e. The maximum absolute atomic E-state index is 11.9. The minimum absolute atomic E-state index is 0.153. The molecule has 0 unspecified atom stereocenters. The molecule has 0 aromatic heterocycles. The summed E-state index contributed by atoms with van der Waals surface area (Å²) in [6.07, 6.45) is 0.752. The summed E-state index contributed by atoms with van der Waals surface area (Å²) < 4.78 is 5.22. The number of carbonyl (C=O) groups excluding carboxylic acids is 2. The lowest BCUT2D eigenvalue weighted by Crippen LogP contribution is -2.27. The van der Waals surface area contributed by atoms with E-state index in [2.05, 4.69) is 11.9 Å². The van der Waals surface area contributed by atoms with E-state index in [4.69, 9.17) is 4.74 Å². The number of hydrogen-bond acceptors (Lipinski definition) is 3. The van der Waals surface area contributed by atoms with Crippen molar-refractivity contribution >= 4 is 28.3 Å². The molecule has 0 spiro atoms. The molecule has 0 saturated carbocycles. The second-order valence-corrected chi connectivity index (χ2v) is 5.94. The van der Waals surface area contributed by atoms with Crippen LogP contribution < -0.4 is 5.32 Å². The van der Waals surface area contributed by atoms with Crippen molar-refractivity contribution in [2.75, 3.05) is 5.32 Å². The third kappa shape index (κ3) is 3.73. The minimum atomic E-state index is -0.565. The van der Waals surface area contributed by atoms with Crippen LogP contribution in [0.4, 0.5) is 10.5 Å². The van der Waals surface area contributed by atoms with Crippen LogP contribution in [-0.4, -0.2) is 17.5 Å². The fourth-order valence-electron chi connectivity index (χ4n) is 2.10. The SMILES string of the molecule is C=CC(=O)c1cccc2ccc(NC(=O)OC(C)(C)C)cc12. The number of fused-ring (bicyclic) bond motifs is 1. The van der Waals surface area contributed by atoms with Crippen LogP contribution in [0.15, 0.2) is 49.1 Å². The molecule has 2 aromatic carbocycles. The number of carbonyl (C=O) groups is 2. The first-order chi connectivity index (χ1) is 10.3. The van der Waals surface area contributed by atoms with Gasteiger partial charge in [0.15, 0.2) is 5.78 Å². The monoisotopic (exact) mass is 297 g/mol. The fourth-order valence-corrected chi connectivity index (χ4v) is 2.10. The Morgan fingerprint density at radius 1 is 1.18 bits per heavy atom. The van der Waals surface area contributed by atoms with Gasteiger partial charge in [-0.3, -0.25) is 10.1 Å². The molecule has 1 N–H and O–H groups in total. The normalized spacial score (nSPS) is 11.0. The Labute approximate surface area is 129 Å². The van der Waals surface area contributed by atoms with Gasteiger partial charge in [-0.1, -0.05) is 30.8 Å². The summed E-state index contributed by atoms with van der Waals surface area (Å²) >= 11 is 0. The predicted molar refractivity (Wildman–Crippen MR) is 88.3 cm³/mol. The number of ketones is 1. The summed E-state index contributed by atoms with van der Waals surface area (Å²) in [5.74, 6) is -0.153. The Kier molecular flexibility index (Phi) is 4.31. The van der Waals surface area contributed by atoms with Gasteiger partial charge in [0.05, 0.1) is 0 Å². The standard InChI is InChI=1S/C18H19NO3/c1-5-16(20)14-8-6-7-12-9-10-13(11-15(12)14)19-17(21)22-18(2,3)4/h5-11H,1H2,2-4H3,(H,19,21). The van der Waals surface area contributed by atoms with Crippen molar-refractivity contribution in [1.82, 2.24) is 0 Å². The van der Waals surface area contributed by atoms with E-state index in [1.807, 2.05) is 18.2 Å². The van der Waals surface area contributed by atoms with E-state index < -0.39 is 11.7 Å². The molecule has 2 rings (SSSR count). The molecule has 0 radical (unpaired) electrons. The molecule has 0 heterocycles. The lowest BCUT2D eigenvalue weighted by atomic mass is 10.0. The zero-order chi connectivity index (χ0) is 16.3. The summed E-state index contributed by atoms with van der Waals surface area (Å²) in [5.41, 5.74) is 0.566. The average molecular weight is 297 g/mol. The van der Waals surface area contributed by atoms with E-state index >= 15 is 0 Å². The van der Waals surface area contributed by atoms with Crippen molar-refractivity contribution in [2.24, 2.45) is 0 Å². The lowest BCUT2D eigenvalue weighted by Gasteiger charge is -2.19. The van der Waals surface area contributed by atoms with Gasteiger partial charge in [0.25, 0.3) is 0 Å². The topological polar surface area (TPSA) is 55.4 Å². The first kappa shape index (κ1) is 15.8. The predicted octanol–water partition coefficient (Wildman–Crippen LogP) is 4.56. The van der Waals surface area contributed by atoms with Crippen molar-refractivity contribution in [3.05, 3.63) is 54.6 Å². The van der Waals surface area contributed by atoms with Gasteiger partial charge in [-0.2, -0.15) is 0 Å². The van der Waals surface area contributed by atoms with E-state index in [1.54, 1.807) is 39.0 Å². The molecular formula is C18H19NO3. The highest BCUT2D eigenvalue weighted by molar-refractivity contribution is 6.13. The third-order valence-electron chi connectivity index (χ3n) is 2.98. The van der Waals surface area contributed by atoms with E-state index in [0.29, 0.717) is 11.3 Å². The Hall–Kier alpha value is -2.62. The lowest BCUT2D eigenvalue weighted by molar-refractivity contribution is 0.0636. The van der Waals surface area contributed by atoms with Gasteiger partial charge in [-0.15, -0.1) is 0 Å². The zero-order valence-corrected chi connectivity index (χ0v) is 13.0. The molecule has 0 aliphatic rings. The second kappa shape index (κ2) is 6.02. The van der Waals surface area contributed by atoms with Crippen molar-refractivity contribution in [2.45, 2.75) is 26.4 Å². The average Bonchev–Trinajstić information content (AvgIpc) is 2.43. The third-order valence-corrected chi connectivity index (χ3v) is 2.98.